The van der Waals surface area contributed by atoms with E-state index in [1.54, 1.807) is 0 Å². The summed E-state index contributed by atoms with van der Waals surface area (Å²) in [4.78, 5) is 20.4. The molecule has 7 heteroatoms. The smallest absolute Gasteiger partial charge is 0.259 e. The summed E-state index contributed by atoms with van der Waals surface area (Å²) in [7, 11) is 0. The lowest BCUT2D eigenvalue weighted by Gasteiger charge is -2.34. The zero-order valence-corrected chi connectivity index (χ0v) is 17.5. The van der Waals surface area contributed by atoms with Crippen molar-refractivity contribution in [2.24, 2.45) is 0 Å². The van der Waals surface area contributed by atoms with E-state index in [-0.39, 0.29) is 11.9 Å². The Morgan fingerprint density at radius 3 is 2.66 bits per heavy atom. The van der Waals surface area contributed by atoms with Crippen molar-refractivity contribution in [2.45, 2.75) is 53.0 Å². The van der Waals surface area contributed by atoms with Gasteiger partial charge in [-0.3, -0.25) is 4.79 Å². The Bertz CT molecular complexity index is 1030. The van der Waals surface area contributed by atoms with E-state index in [9.17, 15) is 4.79 Å². The molecule has 0 bridgehead atoms. The fraction of sp³-hybridized carbons (Fsp3) is 0.500. The van der Waals surface area contributed by atoms with Crippen LogP contribution in [-0.4, -0.2) is 46.6 Å². The Hall–Kier alpha value is -2.67. The molecule has 1 amide bonds. The number of piperidine rings is 1. The van der Waals surface area contributed by atoms with Crippen molar-refractivity contribution in [2.75, 3.05) is 19.6 Å². The number of hydrogen-bond acceptors (Lipinski definition) is 6. The molecule has 4 rings (SSSR count). The third-order valence-electron chi connectivity index (χ3n) is 5.64. The third kappa shape index (κ3) is 3.67. The van der Waals surface area contributed by atoms with Crippen LogP contribution in [0.4, 0.5) is 0 Å². The molecule has 0 aromatic carbocycles. The topological polar surface area (TPSA) is 84.4 Å². The van der Waals surface area contributed by atoms with Crippen LogP contribution in [0.15, 0.2) is 21.1 Å². The number of nitrogens with one attached hydrogen (secondary N) is 1. The minimum atomic E-state index is 0.0246. The summed E-state index contributed by atoms with van der Waals surface area (Å²) < 4.78 is 11.1. The van der Waals surface area contributed by atoms with Crippen LogP contribution < -0.4 is 5.32 Å². The predicted octanol–water partition coefficient (Wildman–Crippen LogP) is 4.01. The molecule has 0 spiro atoms. The van der Waals surface area contributed by atoms with Crippen molar-refractivity contribution in [1.82, 2.24) is 20.4 Å². The number of rotatable bonds is 5. The molecule has 0 atom stereocenters. The highest BCUT2D eigenvalue weighted by Crippen LogP contribution is 2.31. The zero-order valence-electron chi connectivity index (χ0n) is 17.5. The van der Waals surface area contributed by atoms with E-state index in [1.165, 1.54) is 0 Å². The van der Waals surface area contributed by atoms with Crippen molar-refractivity contribution >= 4 is 17.0 Å². The molecule has 3 aromatic rings. The third-order valence-corrected chi connectivity index (χ3v) is 5.64. The Morgan fingerprint density at radius 2 is 2.00 bits per heavy atom. The van der Waals surface area contributed by atoms with Gasteiger partial charge < -0.3 is 19.2 Å². The van der Waals surface area contributed by atoms with Gasteiger partial charge in [0, 0.05) is 18.2 Å². The van der Waals surface area contributed by atoms with Crippen LogP contribution in [0.5, 0.6) is 0 Å². The molecule has 0 saturated carbocycles. The summed E-state index contributed by atoms with van der Waals surface area (Å²) in [5.41, 5.74) is 3.23. The summed E-state index contributed by atoms with van der Waals surface area (Å²) >= 11 is 0. The molecule has 7 nitrogen and oxygen atoms in total. The van der Waals surface area contributed by atoms with Crippen LogP contribution in [-0.2, 0) is 0 Å². The highest BCUT2D eigenvalue weighted by Gasteiger charge is 2.29. The fourth-order valence-electron chi connectivity index (χ4n) is 4.25. The molecule has 1 saturated heterocycles. The van der Waals surface area contributed by atoms with E-state index in [2.05, 4.69) is 22.4 Å². The highest BCUT2D eigenvalue weighted by molar-refractivity contribution is 6.07. The molecule has 154 valence electrons. The molecule has 1 fully saturated rings. The van der Waals surface area contributed by atoms with Crippen LogP contribution in [0.3, 0.4) is 0 Å². The number of fused-ring (bicyclic) bond motifs is 1. The largest absolute Gasteiger partial charge is 0.466 e. The molecule has 0 radical (unpaired) electrons. The molecule has 3 aromatic heterocycles. The number of pyridine rings is 1. The van der Waals surface area contributed by atoms with Gasteiger partial charge in [0.15, 0.2) is 0 Å². The summed E-state index contributed by atoms with van der Waals surface area (Å²) in [6.07, 6.45) is 2.85. The van der Waals surface area contributed by atoms with Crippen LogP contribution in [0.2, 0.25) is 0 Å². The van der Waals surface area contributed by atoms with Gasteiger partial charge in [-0.25, -0.2) is 4.98 Å². The summed E-state index contributed by atoms with van der Waals surface area (Å²) in [6.45, 7) is 10.4. The van der Waals surface area contributed by atoms with Gasteiger partial charge in [-0.2, -0.15) is 0 Å². The first-order valence-electron chi connectivity index (χ1n) is 10.4. The fourth-order valence-corrected chi connectivity index (χ4v) is 4.25. The molecule has 29 heavy (non-hydrogen) atoms. The Balaban J connectivity index is 1.83. The lowest BCUT2D eigenvalue weighted by atomic mass is 10.0. The van der Waals surface area contributed by atoms with E-state index in [4.69, 9.17) is 8.94 Å². The first-order chi connectivity index (χ1) is 14.0. The quantitative estimate of drug-likeness (QED) is 0.701. The molecule has 1 aliphatic rings. The second-order valence-corrected chi connectivity index (χ2v) is 7.81. The number of amides is 1. The van der Waals surface area contributed by atoms with E-state index in [0.717, 1.165) is 56.0 Å². The Morgan fingerprint density at radius 1 is 1.24 bits per heavy atom. The average molecular weight is 396 g/mol. The normalized spacial score (nSPS) is 15.2. The minimum Gasteiger partial charge on any atom is -0.466 e. The number of furan rings is 1. The van der Waals surface area contributed by atoms with Gasteiger partial charge >= 0.3 is 0 Å². The number of nitrogens with zero attached hydrogens (tertiary/aromatic N) is 3. The van der Waals surface area contributed by atoms with Crippen molar-refractivity contribution in [1.29, 1.82) is 0 Å². The first kappa shape index (κ1) is 19.6. The molecule has 1 N–H and O–H groups in total. The maximum atomic E-state index is 13.8. The van der Waals surface area contributed by atoms with E-state index >= 15 is 0 Å². The second-order valence-electron chi connectivity index (χ2n) is 7.81. The summed E-state index contributed by atoms with van der Waals surface area (Å²) in [5, 5.41) is 8.16. The standard InChI is InChI=1S/C22H28N4O3/c1-5-10-26(16-6-8-23-9-7-16)22(27)18-12-19(17-11-13(2)28-15(17)4)24-21-20(18)14(3)25-29-21/h11-12,16,23H,5-10H2,1-4H3. The highest BCUT2D eigenvalue weighted by atomic mass is 16.5. The molecular formula is C22H28N4O3. The van der Waals surface area contributed by atoms with Gasteiger partial charge in [0.1, 0.15) is 11.5 Å². The molecule has 0 unspecified atom stereocenters. The monoisotopic (exact) mass is 396 g/mol. The predicted molar refractivity (Wildman–Crippen MR) is 111 cm³/mol. The second kappa shape index (κ2) is 7.99. The van der Waals surface area contributed by atoms with Crippen molar-refractivity contribution < 1.29 is 13.7 Å². The number of aromatic nitrogens is 2. The molecule has 1 aliphatic heterocycles. The lowest BCUT2D eigenvalue weighted by Crippen LogP contribution is -2.46. The van der Waals surface area contributed by atoms with E-state index in [1.807, 2.05) is 37.8 Å². The lowest BCUT2D eigenvalue weighted by molar-refractivity contribution is 0.0644. The van der Waals surface area contributed by atoms with Crippen LogP contribution in [0.25, 0.3) is 22.4 Å². The molecular weight excluding hydrogens is 368 g/mol. The zero-order chi connectivity index (χ0) is 20.5. The Labute approximate surface area is 170 Å². The Kier molecular flexibility index (Phi) is 5.41. The van der Waals surface area contributed by atoms with Gasteiger partial charge in [-0.15, -0.1) is 0 Å². The van der Waals surface area contributed by atoms with Crippen molar-refractivity contribution in [3.05, 3.63) is 34.9 Å². The summed E-state index contributed by atoms with van der Waals surface area (Å²) in [5.74, 6) is 1.60. The van der Waals surface area contributed by atoms with Crippen LogP contribution >= 0.6 is 0 Å². The van der Waals surface area contributed by atoms with Gasteiger partial charge in [-0.1, -0.05) is 12.1 Å². The van der Waals surface area contributed by atoms with E-state index in [0.29, 0.717) is 28.1 Å². The number of carbonyl (C=O) groups is 1. The number of aryl methyl sites for hydroxylation is 3. The minimum absolute atomic E-state index is 0.0246. The van der Waals surface area contributed by atoms with Crippen LogP contribution in [0, 0.1) is 20.8 Å². The SMILES string of the molecule is CCCN(C(=O)c1cc(-c2cc(C)oc2C)nc2onc(C)c12)C1CCNCC1. The molecule has 4 heterocycles. The number of hydrogen-bond donors (Lipinski definition) is 1. The van der Waals surface area contributed by atoms with E-state index < -0.39 is 0 Å². The van der Waals surface area contributed by atoms with Gasteiger partial charge in [0.05, 0.1) is 22.3 Å². The first-order valence-corrected chi connectivity index (χ1v) is 10.4. The number of carbonyl (C=O) groups excluding carboxylic acids is 1. The summed E-state index contributed by atoms with van der Waals surface area (Å²) in [6, 6.07) is 4.06. The van der Waals surface area contributed by atoms with Crippen LogP contribution in [0.1, 0.15) is 53.8 Å². The van der Waals surface area contributed by atoms with Crippen molar-refractivity contribution in [3.8, 4) is 11.3 Å². The average Bonchev–Trinajstić information content (AvgIpc) is 3.27. The van der Waals surface area contributed by atoms with Gasteiger partial charge in [0.2, 0.25) is 0 Å². The maximum Gasteiger partial charge on any atom is 0.259 e. The maximum absolute atomic E-state index is 13.8. The van der Waals surface area contributed by atoms with Gasteiger partial charge in [0.25, 0.3) is 11.6 Å². The van der Waals surface area contributed by atoms with Gasteiger partial charge in [-0.05, 0) is 65.3 Å². The van der Waals surface area contributed by atoms with Crippen molar-refractivity contribution in [3.63, 3.8) is 0 Å². The molecule has 0 aliphatic carbocycles.